The molecule has 2 unspecified atom stereocenters. The largest absolute Gasteiger partial charge is 0.391 e. The Labute approximate surface area is 447 Å². The Kier molecular flexibility index (Phi) is 18.2. The lowest BCUT2D eigenvalue weighted by Crippen LogP contribution is -2.37. The summed E-state index contributed by atoms with van der Waals surface area (Å²) >= 11 is 2.52. The first kappa shape index (κ1) is 58.7. The average Bonchev–Trinajstić information content (AvgIpc) is 4.13. The maximum Gasteiger partial charge on any atom is 0.391 e. The second kappa shape index (κ2) is 23.6. The third-order valence-corrected chi connectivity index (χ3v) is 20.7. The number of carbonyl (C=O) groups excluding carboxylic acids is 4. The maximum atomic E-state index is 13.3. The van der Waals surface area contributed by atoms with Crippen LogP contribution < -0.4 is 10.6 Å². The summed E-state index contributed by atoms with van der Waals surface area (Å²) in [6, 6.07) is 8.77. The Morgan fingerprint density at radius 2 is 0.947 bits per heavy atom. The molecule has 2 atom stereocenters. The fraction of sp³-hybridized carbons (Fsp3) is 0.577. The fourth-order valence-electron chi connectivity index (χ4n) is 10.5. The molecule has 0 aromatic carbocycles. The van der Waals surface area contributed by atoms with Gasteiger partial charge in [-0.25, -0.2) is 16.8 Å². The molecule has 4 aliphatic rings. The number of nitrogens with zero attached hydrogens (tertiary/aromatic N) is 4. The number of carbonyl (C=O) groups is 4. The lowest BCUT2D eigenvalue weighted by Gasteiger charge is -2.35. The van der Waals surface area contributed by atoms with Gasteiger partial charge in [0.05, 0.1) is 90.6 Å². The summed E-state index contributed by atoms with van der Waals surface area (Å²) in [5, 5.41) is 5.54. The first-order valence-electron chi connectivity index (χ1n) is 25.6. The molecule has 0 spiro atoms. The van der Waals surface area contributed by atoms with Crippen LogP contribution >= 0.6 is 22.7 Å². The Bertz CT molecular complexity index is 2760. The summed E-state index contributed by atoms with van der Waals surface area (Å²) in [5.41, 5.74) is 1.96. The summed E-state index contributed by atoms with van der Waals surface area (Å²) in [7, 11) is -6.71. The molecule has 24 heteroatoms. The van der Waals surface area contributed by atoms with Gasteiger partial charge < -0.3 is 20.4 Å². The molecule has 76 heavy (non-hydrogen) atoms. The van der Waals surface area contributed by atoms with Crippen LogP contribution in [0.5, 0.6) is 0 Å². The fourth-order valence-corrected chi connectivity index (χ4v) is 14.9. The van der Waals surface area contributed by atoms with Gasteiger partial charge in [0.15, 0.2) is 19.7 Å². The van der Waals surface area contributed by atoms with Gasteiger partial charge in [0.2, 0.25) is 0 Å². The molecule has 2 aliphatic heterocycles. The zero-order valence-electron chi connectivity index (χ0n) is 43.1. The van der Waals surface area contributed by atoms with E-state index in [-0.39, 0.29) is 119 Å². The van der Waals surface area contributed by atoms with E-state index in [9.17, 15) is 62.4 Å². The highest BCUT2D eigenvalue weighted by Gasteiger charge is 2.47. The van der Waals surface area contributed by atoms with Crippen molar-refractivity contribution in [1.82, 2.24) is 30.4 Å². The van der Waals surface area contributed by atoms with Crippen LogP contribution in [0.15, 0.2) is 58.6 Å². The molecule has 14 nitrogen and oxygen atoms in total. The number of amides is 4. The van der Waals surface area contributed by atoms with Gasteiger partial charge in [0.1, 0.15) is 0 Å². The molecule has 4 aromatic rings. The predicted molar refractivity (Wildman–Crippen MR) is 275 cm³/mol. The lowest BCUT2D eigenvalue weighted by molar-refractivity contribution is -0.184. The van der Waals surface area contributed by atoms with Crippen LogP contribution in [-0.2, 0) is 32.8 Å². The molecule has 0 radical (unpaired) electrons. The van der Waals surface area contributed by atoms with E-state index >= 15 is 0 Å². The van der Waals surface area contributed by atoms with Crippen LogP contribution in [-0.4, -0.2) is 97.2 Å². The van der Waals surface area contributed by atoms with Crippen LogP contribution in [0, 0.1) is 35.5 Å². The minimum absolute atomic E-state index is 0.0273. The van der Waals surface area contributed by atoms with Crippen LogP contribution in [0.25, 0.3) is 0 Å². The Balaban J connectivity index is 0.000000221. The second-order valence-electron chi connectivity index (χ2n) is 20.7. The van der Waals surface area contributed by atoms with Gasteiger partial charge >= 0.3 is 12.4 Å². The van der Waals surface area contributed by atoms with Crippen molar-refractivity contribution in [3.05, 3.63) is 90.8 Å². The van der Waals surface area contributed by atoms with Gasteiger partial charge in [-0.05, 0) is 111 Å². The summed E-state index contributed by atoms with van der Waals surface area (Å²) < 4.78 is 126. The number of aromatic nitrogens is 2. The van der Waals surface area contributed by atoms with Crippen molar-refractivity contribution < 1.29 is 62.4 Å². The molecule has 4 amide bonds. The molecule has 8 rings (SSSR count). The van der Waals surface area contributed by atoms with Crippen molar-refractivity contribution in [3.63, 3.8) is 0 Å². The Hall–Kier alpha value is -4.94. The van der Waals surface area contributed by atoms with Crippen molar-refractivity contribution in [3.8, 4) is 0 Å². The monoisotopic (exact) mass is 1140 g/mol. The zero-order valence-corrected chi connectivity index (χ0v) is 46.4. The van der Waals surface area contributed by atoms with Gasteiger partial charge in [-0.1, -0.05) is 41.5 Å². The van der Waals surface area contributed by atoms with Crippen LogP contribution in [0.3, 0.4) is 0 Å². The summed E-state index contributed by atoms with van der Waals surface area (Å²) in [5.74, 6) is -3.44. The Morgan fingerprint density at radius 1 is 0.605 bits per heavy atom. The number of fused-ring (bicyclic) bond motifs is 2. The molecule has 2 fully saturated rings. The molecule has 2 N–H and O–H groups in total. The first-order valence-corrected chi connectivity index (χ1v) is 30.5. The number of nitrogens with one attached hydrogen (secondary N) is 2. The first-order chi connectivity index (χ1) is 35.6. The van der Waals surface area contributed by atoms with E-state index in [0.717, 1.165) is 9.75 Å². The van der Waals surface area contributed by atoms with Crippen LogP contribution in [0.2, 0.25) is 0 Å². The maximum absolute atomic E-state index is 13.3. The quantitative estimate of drug-likeness (QED) is 0.102. The standard InChI is InChI=1S/2C26H32F3N3O4S2/c2*1-4-38(35,36)19-10-9-18(30-13-19)12-31-24(33)21-11-20-23(37-21)22(15(2)3)32(25(20)34)14-16-5-7-17(8-6-16)26(27,28)29/h2*9-11,13,15-17,22H,4-8,12,14H2,1-3H3,(H,31,33). The molecule has 2 aliphatic carbocycles. The number of sulfone groups is 2. The molecule has 0 saturated heterocycles. The number of pyridine rings is 2. The molecular weight excluding hydrogens is 1080 g/mol. The normalized spacial score (nSPS) is 22.1. The van der Waals surface area contributed by atoms with E-state index in [2.05, 4.69) is 20.6 Å². The third-order valence-electron chi connectivity index (χ3n) is 14.9. The van der Waals surface area contributed by atoms with E-state index in [1.54, 1.807) is 47.9 Å². The molecular formula is C52H64F6N6O8S4. The van der Waals surface area contributed by atoms with Crippen molar-refractivity contribution in [2.75, 3.05) is 24.6 Å². The number of hydrogen-bond acceptors (Lipinski definition) is 12. The van der Waals surface area contributed by atoms with E-state index in [0.29, 0.717) is 71.0 Å². The molecule has 0 bridgehead atoms. The molecule has 6 heterocycles. The van der Waals surface area contributed by atoms with Crippen molar-refractivity contribution >= 4 is 66.0 Å². The minimum atomic E-state index is -4.16. The van der Waals surface area contributed by atoms with Gasteiger partial charge in [0, 0.05) is 35.2 Å². The number of halogens is 6. The van der Waals surface area contributed by atoms with Crippen molar-refractivity contribution in [2.24, 2.45) is 35.5 Å². The van der Waals surface area contributed by atoms with E-state index in [1.807, 2.05) is 27.7 Å². The summed E-state index contributed by atoms with van der Waals surface area (Å²) in [4.78, 5) is 66.8. The molecule has 416 valence electrons. The van der Waals surface area contributed by atoms with E-state index in [4.69, 9.17) is 0 Å². The highest BCUT2D eigenvalue weighted by Crippen LogP contribution is 2.48. The number of hydrogen-bond donors (Lipinski definition) is 2. The summed E-state index contributed by atoms with van der Waals surface area (Å²) in [6.45, 7) is 12.1. The average molecular weight is 1140 g/mol. The highest BCUT2D eigenvalue weighted by atomic mass is 32.2. The third kappa shape index (κ3) is 13.3. The summed E-state index contributed by atoms with van der Waals surface area (Å²) in [6.07, 6.45) is -3.61. The van der Waals surface area contributed by atoms with Crippen molar-refractivity contribution in [1.29, 1.82) is 0 Å². The zero-order chi connectivity index (χ0) is 55.7. The van der Waals surface area contributed by atoms with Gasteiger partial charge in [-0.2, -0.15) is 26.3 Å². The van der Waals surface area contributed by atoms with Crippen LogP contribution in [0.4, 0.5) is 26.3 Å². The number of alkyl halides is 6. The molecule has 2 saturated carbocycles. The van der Waals surface area contributed by atoms with Crippen LogP contribution in [0.1, 0.15) is 166 Å². The van der Waals surface area contributed by atoms with E-state index in [1.165, 1.54) is 47.2 Å². The smallest absolute Gasteiger partial charge is 0.346 e. The predicted octanol–water partition coefficient (Wildman–Crippen LogP) is 10.8. The lowest BCUT2D eigenvalue weighted by atomic mass is 9.81. The van der Waals surface area contributed by atoms with E-state index < -0.39 is 43.9 Å². The second-order valence-corrected chi connectivity index (χ2v) is 27.5. The van der Waals surface area contributed by atoms with Gasteiger partial charge in [-0.3, -0.25) is 29.1 Å². The SMILES string of the molecule is CCS(=O)(=O)c1ccc(CNC(=O)c2cc3c(s2)C(C(C)C)N(CC2CCC(C(F)(F)F)CC2)C3=O)nc1.CCS(=O)(=O)c1ccc(CNC(=O)c2cc3c(s2)C(C(C)C)N(CC2CCC(C(F)(F)F)CC2)C3=O)nc1. The Morgan fingerprint density at radius 3 is 1.22 bits per heavy atom. The molecule has 4 aromatic heterocycles. The van der Waals surface area contributed by atoms with Gasteiger partial charge in [0.25, 0.3) is 23.6 Å². The number of rotatable bonds is 16. The van der Waals surface area contributed by atoms with Crippen molar-refractivity contribution in [2.45, 2.75) is 140 Å². The minimum Gasteiger partial charge on any atom is -0.346 e. The topological polar surface area (TPSA) is 193 Å². The highest BCUT2D eigenvalue weighted by molar-refractivity contribution is 7.91. The number of thiophene rings is 2. The van der Waals surface area contributed by atoms with Gasteiger partial charge in [-0.15, -0.1) is 22.7 Å².